The predicted octanol–water partition coefficient (Wildman–Crippen LogP) is 4.44. The van der Waals surface area contributed by atoms with E-state index in [9.17, 15) is 0 Å². The van der Waals surface area contributed by atoms with Crippen molar-refractivity contribution in [3.8, 4) is 5.75 Å². The van der Waals surface area contributed by atoms with Crippen LogP contribution >= 0.6 is 0 Å². The maximum absolute atomic E-state index is 6.15. The van der Waals surface area contributed by atoms with Crippen LogP contribution in [0.2, 0.25) is 0 Å². The van der Waals surface area contributed by atoms with Gasteiger partial charge in [0.25, 0.3) is 0 Å². The Labute approximate surface area is 142 Å². The van der Waals surface area contributed by atoms with E-state index in [2.05, 4.69) is 52.3 Å². The van der Waals surface area contributed by atoms with E-state index in [1.54, 1.807) is 0 Å². The van der Waals surface area contributed by atoms with Gasteiger partial charge in [0.1, 0.15) is 12.4 Å². The lowest BCUT2D eigenvalue weighted by Crippen LogP contribution is -2.28. The maximum atomic E-state index is 6.15. The van der Waals surface area contributed by atoms with Gasteiger partial charge in [-0.2, -0.15) is 0 Å². The van der Waals surface area contributed by atoms with Crippen LogP contribution in [0.1, 0.15) is 35.6 Å². The molecule has 1 aromatic heterocycles. The number of nitrogens with one attached hydrogen (secondary N) is 1. The van der Waals surface area contributed by atoms with Crippen molar-refractivity contribution >= 4 is 10.9 Å². The standard InChI is InChI=1S/C21H22N2O/c1-2-5-15(6-3-1)14-24-19-8-4-7-17-18-13-23-11-9-16(10-12-23)20(18)22-21(17)19/h1-8,16,22H,9-14H2. The number of ether oxygens (including phenoxy) is 1. The van der Waals surface area contributed by atoms with Crippen molar-refractivity contribution in [3.05, 3.63) is 65.4 Å². The lowest BCUT2D eigenvalue weighted by atomic mass is 9.94. The minimum atomic E-state index is 0.610. The normalized spacial score (nSPS) is 22.3. The Bertz CT molecular complexity index is 860. The fourth-order valence-corrected chi connectivity index (χ4v) is 4.24. The fourth-order valence-electron chi connectivity index (χ4n) is 4.24. The minimum absolute atomic E-state index is 0.610. The largest absolute Gasteiger partial charge is 0.487 e. The molecule has 3 aromatic rings. The summed E-state index contributed by atoms with van der Waals surface area (Å²) in [4.78, 5) is 6.33. The summed E-state index contributed by atoms with van der Waals surface area (Å²) >= 11 is 0. The predicted molar refractivity (Wildman–Crippen MR) is 96.3 cm³/mol. The molecular weight excluding hydrogens is 296 g/mol. The van der Waals surface area contributed by atoms with Crippen LogP contribution in [-0.4, -0.2) is 23.0 Å². The molecule has 0 radical (unpaired) electrons. The highest BCUT2D eigenvalue weighted by atomic mass is 16.5. The SMILES string of the molecule is c1ccc(COc2cccc3c4c([nH]c23)C2CCN(CC2)C4)cc1. The van der Waals surface area contributed by atoms with Crippen LogP contribution in [-0.2, 0) is 13.2 Å². The molecule has 1 saturated heterocycles. The van der Waals surface area contributed by atoms with E-state index in [4.69, 9.17) is 4.74 Å². The highest BCUT2D eigenvalue weighted by Gasteiger charge is 2.30. The Morgan fingerprint density at radius 3 is 2.67 bits per heavy atom. The van der Waals surface area contributed by atoms with E-state index < -0.39 is 0 Å². The van der Waals surface area contributed by atoms with Gasteiger partial charge in [-0.1, -0.05) is 42.5 Å². The zero-order valence-corrected chi connectivity index (χ0v) is 13.8. The second kappa shape index (κ2) is 5.67. The summed E-state index contributed by atoms with van der Waals surface area (Å²) in [5.41, 5.74) is 5.33. The molecule has 1 fully saturated rings. The number of fused-ring (bicyclic) bond motifs is 3. The van der Waals surface area contributed by atoms with Gasteiger partial charge >= 0.3 is 0 Å². The summed E-state index contributed by atoms with van der Waals surface area (Å²) in [5, 5.41) is 1.34. The van der Waals surface area contributed by atoms with Gasteiger partial charge in [0, 0.05) is 23.5 Å². The molecule has 2 bridgehead atoms. The zero-order valence-electron chi connectivity index (χ0n) is 13.8. The van der Waals surface area contributed by atoms with Crippen LogP contribution in [0.4, 0.5) is 0 Å². The highest BCUT2D eigenvalue weighted by Crippen LogP contribution is 2.40. The first-order valence-corrected chi connectivity index (χ1v) is 8.91. The van der Waals surface area contributed by atoms with Gasteiger partial charge in [0.2, 0.25) is 0 Å². The molecule has 3 aliphatic heterocycles. The van der Waals surface area contributed by atoms with E-state index in [-0.39, 0.29) is 0 Å². The number of hydrogen-bond donors (Lipinski definition) is 1. The fraction of sp³-hybridized carbons (Fsp3) is 0.333. The molecule has 0 atom stereocenters. The average molecular weight is 318 g/mol. The second-order valence-corrected chi connectivity index (χ2v) is 7.02. The van der Waals surface area contributed by atoms with E-state index in [0.717, 1.165) is 12.3 Å². The summed E-state index contributed by atoms with van der Waals surface area (Å²) in [6.45, 7) is 4.16. The summed E-state index contributed by atoms with van der Waals surface area (Å²) in [7, 11) is 0. The molecule has 4 heterocycles. The van der Waals surface area contributed by atoms with Crippen LogP contribution in [0.25, 0.3) is 10.9 Å². The van der Waals surface area contributed by atoms with E-state index in [1.165, 1.54) is 53.7 Å². The Morgan fingerprint density at radius 1 is 1.00 bits per heavy atom. The maximum Gasteiger partial charge on any atom is 0.143 e. The third-order valence-electron chi connectivity index (χ3n) is 5.55. The zero-order chi connectivity index (χ0) is 15.9. The Hall–Kier alpha value is -2.26. The van der Waals surface area contributed by atoms with Crippen molar-refractivity contribution in [2.75, 3.05) is 13.1 Å². The summed E-state index contributed by atoms with van der Waals surface area (Å²) in [5.74, 6) is 1.66. The Kier molecular flexibility index (Phi) is 3.34. The topological polar surface area (TPSA) is 28.3 Å². The number of aromatic amines is 1. The molecule has 0 unspecified atom stereocenters. The van der Waals surface area contributed by atoms with Crippen LogP contribution in [0.3, 0.4) is 0 Å². The van der Waals surface area contributed by atoms with Crippen LogP contribution in [0.5, 0.6) is 5.75 Å². The molecule has 0 spiro atoms. The molecule has 0 saturated carbocycles. The number of aromatic nitrogens is 1. The van der Waals surface area contributed by atoms with Crippen molar-refractivity contribution < 1.29 is 4.74 Å². The molecular formula is C21H22N2O. The number of benzene rings is 2. The second-order valence-electron chi connectivity index (χ2n) is 7.02. The summed E-state index contributed by atoms with van der Waals surface area (Å²) < 4.78 is 6.15. The third kappa shape index (κ3) is 2.31. The molecule has 3 heteroatoms. The minimum Gasteiger partial charge on any atom is -0.487 e. The molecule has 3 nitrogen and oxygen atoms in total. The van der Waals surface area contributed by atoms with Crippen molar-refractivity contribution in [1.82, 2.24) is 9.88 Å². The first-order chi connectivity index (χ1) is 11.9. The van der Waals surface area contributed by atoms with Crippen molar-refractivity contribution in [3.63, 3.8) is 0 Å². The van der Waals surface area contributed by atoms with Gasteiger partial charge in [-0.15, -0.1) is 0 Å². The number of H-pyrrole nitrogens is 1. The monoisotopic (exact) mass is 318 g/mol. The van der Waals surface area contributed by atoms with Gasteiger partial charge in [-0.3, -0.25) is 4.90 Å². The van der Waals surface area contributed by atoms with Gasteiger partial charge in [-0.05, 0) is 43.1 Å². The highest BCUT2D eigenvalue weighted by molar-refractivity contribution is 5.90. The Morgan fingerprint density at radius 2 is 1.83 bits per heavy atom. The lowest BCUT2D eigenvalue weighted by molar-refractivity contribution is 0.220. The van der Waals surface area contributed by atoms with Crippen molar-refractivity contribution in [2.45, 2.75) is 31.9 Å². The summed E-state index contributed by atoms with van der Waals surface area (Å²) in [6.07, 6.45) is 2.56. The number of rotatable bonds is 3. The molecule has 122 valence electrons. The first kappa shape index (κ1) is 14.1. The lowest BCUT2D eigenvalue weighted by Gasteiger charge is -2.26. The number of hydrogen-bond acceptors (Lipinski definition) is 2. The van der Waals surface area contributed by atoms with Gasteiger partial charge in [-0.25, -0.2) is 0 Å². The molecule has 1 N–H and O–H groups in total. The number of para-hydroxylation sites is 1. The van der Waals surface area contributed by atoms with Crippen LogP contribution in [0, 0.1) is 0 Å². The van der Waals surface area contributed by atoms with Gasteiger partial charge < -0.3 is 9.72 Å². The summed E-state index contributed by atoms with van der Waals surface area (Å²) in [6, 6.07) is 16.8. The molecule has 0 amide bonds. The molecule has 0 aliphatic carbocycles. The average Bonchev–Trinajstić information content (AvgIpc) is 2.81. The number of piperidine rings is 1. The van der Waals surface area contributed by atoms with Crippen LogP contribution < -0.4 is 4.74 Å². The van der Waals surface area contributed by atoms with Crippen LogP contribution in [0.15, 0.2) is 48.5 Å². The third-order valence-corrected chi connectivity index (χ3v) is 5.55. The van der Waals surface area contributed by atoms with E-state index >= 15 is 0 Å². The van der Waals surface area contributed by atoms with Crippen molar-refractivity contribution in [1.29, 1.82) is 0 Å². The molecule has 24 heavy (non-hydrogen) atoms. The molecule has 2 aromatic carbocycles. The quantitative estimate of drug-likeness (QED) is 0.773. The van der Waals surface area contributed by atoms with E-state index in [1.807, 2.05) is 6.07 Å². The van der Waals surface area contributed by atoms with Gasteiger partial charge in [0.15, 0.2) is 0 Å². The van der Waals surface area contributed by atoms with E-state index in [0.29, 0.717) is 12.5 Å². The molecule has 6 rings (SSSR count). The van der Waals surface area contributed by atoms with Crippen molar-refractivity contribution in [2.24, 2.45) is 0 Å². The van der Waals surface area contributed by atoms with Gasteiger partial charge in [0.05, 0.1) is 5.52 Å². The smallest absolute Gasteiger partial charge is 0.143 e. The first-order valence-electron chi connectivity index (χ1n) is 8.91. The Balaban J connectivity index is 1.52. The number of nitrogens with zero attached hydrogens (tertiary/aromatic N) is 1. The molecule has 3 aliphatic rings.